The first kappa shape index (κ1) is 39.8. The lowest BCUT2D eigenvalue weighted by molar-refractivity contribution is 0.660. The largest absolute Gasteiger partial charge is 0.310 e. The maximum absolute atomic E-state index is 2.62. The van der Waals surface area contributed by atoms with Crippen molar-refractivity contribution in [1.29, 1.82) is 0 Å². The molecule has 0 fully saturated rings. The standard InChI is InChI=1S/C64H49NSi2/c1-64(2)58-30-12-7-25-52(58)53-40-39-48(43-59(53)64)65(47-20-18-23-50(42-47)66(3)60-31-13-8-26-54(60)55-27-9-14-32-61(55)66)46-37-35-44(36-38-46)45-19-17-24-51(41-45)67(49-21-5-4-6-22-49)62-33-15-10-28-56(62)57-29-11-16-34-63(57)67/h4-43H,1-3H3. The van der Waals surface area contributed by atoms with Crippen molar-refractivity contribution >= 4 is 69.5 Å². The van der Waals surface area contributed by atoms with Crippen LogP contribution in [0, 0.1) is 0 Å². The number of rotatable bonds is 7. The third-order valence-corrected chi connectivity index (χ3v) is 25.0. The van der Waals surface area contributed by atoms with Crippen LogP contribution < -0.4 is 41.2 Å². The van der Waals surface area contributed by atoms with Crippen LogP contribution in [-0.4, -0.2) is 16.1 Å². The van der Waals surface area contributed by atoms with E-state index in [9.17, 15) is 0 Å². The lowest BCUT2D eigenvalue weighted by Gasteiger charge is -2.31. The molecule has 0 saturated carbocycles. The molecule has 0 unspecified atom stereocenters. The molecule has 0 saturated heterocycles. The Bertz CT molecular complexity index is 3500. The average molecular weight is 888 g/mol. The second-order valence-corrected chi connectivity index (χ2v) is 27.0. The molecule has 0 N–H and O–H groups in total. The van der Waals surface area contributed by atoms with E-state index in [-0.39, 0.29) is 5.41 Å². The summed E-state index contributed by atoms with van der Waals surface area (Å²) in [6.45, 7) is 7.31. The van der Waals surface area contributed by atoms with Crippen LogP contribution in [0.1, 0.15) is 25.0 Å². The molecule has 0 spiro atoms. The molecule has 0 amide bonds. The van der Waals surface area contributed by atoms with Crippen LogP contribution in [0.5, 0.6) is 0 Å². The van der Waals surface area contributed by atoms with E-state index in [1.165, 1.54) is 103 Å². The summed E-state index contributed by atoms with van der Waals surface area (Å²) in [6.07, 6.45) is 0. The van der Waals surface area contributed by atoms with Gasteiger partial charge in [-0.05, 0) is 128 Å². The Morgan fingerprint density at radius 3 is 1.45 bits per heavy atom. The van der Waals surface area contributed by atoms with Crippen molar-refractivity contribution in [3.8, 4) is 44.5 Å². The number of hydrogen-bond donors (Lipinski definition) is 0. The summed E-state index contributed by atoms with van der Waals surface area (Å²) in [7, 11) is -4.96. The molecule has 67 heavy (non-hydrogen) atoms. The summed E-state index contributed by atoms with van der Waals surface area (Å²) in [5.41, 5.74) is 16.7. The maximum atomic E-state index is 2.55. The van der Waals surface area contributed by atoms with Crippen LogP contribution in [0.25, 0.3) is 44.5 Å². The molecule has 2 heterocycles. The molecule has 0 atom stereocenters. The van der Waals surface area contributed by atoms with Gasteiger partial charge in [0.25, 0.3) is 0 Å². The molecular weight excluding hydrogens is 839 g/mol. The molecule has 3 aliphatic rings. The molecule has 10 aromatic rings. The number of anilines is 3. The summed E-state index contributed by atoms with van der Waals surface area (Å²) in [4.78, 5) is 2.50. The fourth-order valence-electron chi connectivity index (χ4n) is 12.4. The highest BCUT2D eigenvalue weighted by atomic mass is 28.3. The Morgan fingerprint density at radius 2 is 0.791 bits per heavy atom. The smallest absolute Gasteiger partial charge is 0.180 e. The fraction of sp³-hybridized carbons (Fsp3) is 0.0625. The minimum Gasteiger partial charge on any atom is -0.310 e. The highest BCUT2D eigenvalue weighted by Gasteiger charge is 2.48. The van der Waals surface area contributed by atoms with Crippen molar-refractivity contribution in [1.82, 2.24) is 0 Å². The Labute approximate surface area is 396 Å². The van der Waals surface area contributed by atoms with Gasteiger partial charge in [0.05, 0.1) is 0 Å². The zero-order valence-electron chi connectivity index (χ0n) is 38.0. The monoisotopic (exact) mass is 887 g/mol. The second kappa shape index (κ2) is 15.0. The summed E-state index contributed by atoms with van der Waals surface area (Å²) in [5, 5.41) is 10.2. The average Bonchev–Trinajstić information content (AvgIpc) is 3.93. The lowest BCUT2D eigenvalue weighted by Crippen LogP contribution is -2.72. The van der Waals surface area contributed by atoms with Gasteiger partial charge in [0.15, 0.2) is 8.07 Å². The Balaban J connectivity index is 0.953. The number of nitrogens with zero attached hydrogens (tertiary/aromatic N) is 1. The van der Waals surface area contributed by atoms with E-state index in [1.54, 1.807) is 0 Å². The molecule has 10 aromatic carbocycles. The topological polar surface area (TPSA) is 3.24 Å². The van der Waals surface area contributed by atoms with Crippen LogP contribution in [0.3, 0.4) is 0 Å². The SMILES string of the molecule is CC1(C)c2ccccc2-c2ccc(N(c3ccc(-c4cccc([Si]5(c6ccccc6)c6ccccc6-c6ccccc65)c4)cc3)c3cccc([Si]4(C)c5ccccc5-c5ccccc54)c3)cc21. The molecule has 3 heteroatoms. The second-order valence-electron chi connectivity index (χ2n) is 19.3. The van der Waals surface area contributed by atoms with E-state index < -0.39 is 16.1 Å². The van der Waals surface area contributed by atoms with Gasteiger partial charge in [-0.2, -0.15) is 0 Å². The quantitative estimate of drug-likeness (QED) is 0.144. The first-order chi connectivity index (χ1) is 32.9. The van der Waals surface area contributed by atoms with Crippen molar-refractivity contribution in [2.75, 3.05) is 4.90 Å². The highest BCUT2D eigenvalue weighted by Crippen LogP contribution is 2.50. The Morgan fingerprint density at radius 1 is 0.313 bits per heavy atom. The Hall–Kier alpha value is -7.57. The van der Waals surface area contributed by atoms with Crippen LogP contribution in [0.2, 0.25) is 6.55 Å². The third-order valence-electron chi connectivity index (χ3n) is 15.6. The van der Waals surface area contributed by atoms with Gasteiger partial charge in [0.2, 0.25) is 0 Å². The van der Waals surface area contributed by atoms with Crippen LogP contribution in [-0.2, 0) is 5.41 Å². The van der Waals surface area contributed by atoms with Crippen molar-refractivity contribution in [3.05, 3.63) is 254 Å². The van der Waals surface area contributed by atoms with Gasteiger partial charge in [0, 0.05) is 22.5 Å². The van der Waals surface area contributed by atoms with E-state index in [0.29, 0.717) is 0 Å². The summed E-state index contributed by atoms with van der Waals surface area (Å²) >= 11 is 0. The van der Waals surface area contributed by atoms with E-state index in [1.807, 2.05) is 0 Å². The van der Waals surface area contributed by atoms with E-state index in [0.717, 1.165) is 5.69 Å². The lowest BCUT2D eigenvalue weighted by atomic mass is 9.82. The molecule has 1 aliphatic carbocycles. The van der Waals surface area contributed by atoms with E-state index >= 15 is 0 Å². The van der Waals surface area contributed by atoms with Gasteiger partial charge in [0.1, 0.15) is 8.07 Å². The molecule has 0 aromatic heterocycles. The normalized spacial score (nSPS) is 14.9. The summed E-state index contributed by atoms with van der Waals surface area (Å²) < 4.78 is 0. The first-order valence-electron chi connectivity index (χ1n) is 23.7. The van der Waals surface area contributed by atoms with Gasteiger partial charge < -0.3 is 4.90 Å². The number of hydrogen-bond acceptors (Lipinski definition) is 1. The molecular formula is C64H49NSi2. The molecule has 1 nitrogen and oxygen atoms in total. The van der Waals surface area contributed by atoms with Crippen LogP contribution in [0.15, 0.2) is 243 Å². The molecule has 2 aliphatic heterocycles. The summed E-state index contributed by atoms with van der Waals surface area (Å²) in [6, 6.07) is 92.2. The van der Waals surface area contributed by atoms with Gasteiger partial charge in [-0.1, -0.05) is 227 Å². The fourth-order valence-corrected chi connectivity index (χ4v) is 21.8. The van der Waals surface area contributed by atoms with Crippen molar-refractivity contribution in [3.63, 3.8) is 0 Å². The first-order valence-corrected chi connectivity index (χ1v) is 28.2. The Kier molecular flexibility index (Phi) is 8.89. The third kappa shape index (κ3) is 5.72. The number of benzene rings is 10. The van der Waals surface area contributed by atoms with E-state index in [2.05, 4.69) is 268 Å². The zero-order chi connectivity index (χ0) is 44.9. The molecule has 0 bridgehead atoms. The van der Waals surface area contributed by atoms with Gasteiger partial charge in [-0.3, -0.25) is 0 Å². The van der Waals surface area contributed by atoms with Crippen LogP contribution in [0.4, 0.5) is 17.1 Å². The maximum Gasteiger partial charge on any atom is 0.180 e. The van der Waals surface area contributed by atoms with E-state index in [4.69, 9.17) is 0 Å². The van der Waals surface area contributed by atoms with Gasteiger partial charge in [-0.25, -0.2) is 0 Å². The van der Waals surface area contributed by atoms with Crippen LogP contribution >= 0.6 is 0 Å². The van der Waals surface area contributed by atoms with Crippen molar-refractivity contribution in [2.45, 2.75) is 25.8 Å². The molecule has 318 valence electrons. The predicted octanol–water partition coefficient (Wildman–Crippen LogP) is 11.6. The van der Waals surface area contributed by atoms with Crippen molar-refractivity contribution in [2.24, 2.45) is 0 Å². The zero-order valence-corrected chi connectivity index (χ0v) is 40.0. The highest BCUT2D eigenvalue weighted by molar-refractivity contribution is 7.22. The van der Waals surface area contributed by atoms with Crippen molar-refractivity contribution < 1.29 is 0 Å². The van der Waals surface area contributed by atoms with Gasteiger partial charge >= 0.3 is 0 Å². The number of fused-ring (bicyclic) bond motifs is 9. The minimum atomic E-state index is -2.62. The minimum absolute atomic E-state index is 0.122. The predicted molar refractivity (Wildman–Crippen MR) is 289 cm³/mol. The molecule has 13 rings (SSSR count). The molecule has 0 radical (unpaired) electrons. The van der Waals surface area contributed by atoms with Gasteiger partial charge in [-0.15, -0.1) is 0 Å². The summed E-state index contributed by atoms with van der Waals surface area (Å²) in [5.74, 6) is 0.